The first-order valence-corrected chi connectivity index (χ1v) is 12.9. The standard InChI is InChI=1S/C27H39N5O2/c1-6-7-8-9-10-11-12-15-30-25(33)23-24(29(5)27(30)34)28-26-31(17-19(2)18-32(23)26)22-14-13-20(3)21(4)16-22/h13-14,16,19H,6-12,15,17-18H2,1-5H3. The third kappa shape index (κ3) is 4.57. The summed E-state index contributed by atoms with van der Waals surface area (Å²) in [6.45, 7) is 10.6. The largest absolute Gasteiger partial charge is 0.332 e. The van der Waals surface area contributed by atoms with E-state index in [4.69, 9.17) is 4.98 Å². The third-order valence-corrected chi connectivity index (χ3v) is 7.23. The molecule has 1 aliphatic rings. The van der Waals surface area contributed by atoms with Crippen LogP contribution < -0.4 is 16.1 Å². The van der Waals surface area contributed by atoms with Gasteiger partial charge in [0.15, 0.2) is 11.2 Å². The van der Waals surface area contributed by atoms with Crippen LogP contribution in [0.1, 0.15) is 69.9 Å². The molecule has 1 aliphatic heterocycles. The summed E-state index contributed by atoms with van der Waals surface area (Å²) in [5, 5.41) is 0. The Labute approximate surface area is 202 Å². The van der Waals surface area contributed by atoms with Gasteiger partial charge in [-0.05, 0) is 49.4 Å². The first-order chi connectivity index (χ1) is 16.3. The van der Waals surface area contributed by atoms with Gasteiger partial charge in [0.25, 0.3) is 5.56 Å². The number of nitrogens with zero attached hydrogens (tertiary/aromatic N) is 5. The molecule has 3 heterocycles. The van der Waals surface area contributed by atoms with Crippen LogP contribution in [-0.4, -0.2) is 25.2 Å². The Kier molecular flexibility index (Phi) is 7.29. The SMILES string of the molecule is CCCCCCCCCn1c(=O)c2c(nc3n2CC(C)CN3c2ccc(C)c(C)c2)n(C)c1=O. The molecular formula is C27H39N5O2. The average molecular weight is 466 g/mol. The van der Waals surface area contributed by atoms with E-state index in [1.54, 1.807) is 11.6 Å². The van der Waals surface area contributed by atoms with E-state index in [1.165, 1.54) is 41.4 Å². The number of aryl methyl sites for hydroxylation is 3. The zero-order chi connectivity index (χ0) is 24.4. The van der Waals surface area contributed by atoms with Crippen LogP contribution in [0.5, 0.6) is 0 Å². The lowest BCUT2D eigenvalue weighted by Crippen LogP contribution is -2.40. The summed E-state index contributed by atoms with van der Waals surface area (Å²) in [6, 6.07) is 6.42. The summed E-state index contributed by atoms with van der Waals surface area (Å²) in [7, 11) is 1.73. The second kappa shape index (κ2) is 10.2. The number of fused-ring (bicyclic) bond motifs is 3. The maximum Gasteiger partial charge on any atom is 0.332 e. The first kappa shape index (κ1) is 24.3. The predicted molar refractivity (Wildman–Crippen MR) is 139 cm³/mol. The molecule has 0 aliphatic carbocycles. The Hall–Kier alpha value is -2.83. The lowest BCUT2D eigenvalue weighted by Gasteiger charge is -2.33. The van der Waals surface area contributed by atoms with Crippen LogP contribution in [0.25, 0.3) is 11.2 Å². The quantitative estimate of drug-likeness (QED) is 0.415. The number of hydrogen-bond acceptors (Lipinski definition) is 4. The van der Waals surface area contributed by atoms with Gasteiger partial charge in [0.2, 0.25) is 5.95 Å². The molecule has 4 rings (SSSR count). The van der Waals surface area contributed by atoms with E-state index in [0.29, 0.717) is 23.6 Å². The third-order valence-electron chi connectivity index (χ3n) is 7.23. The summed E-state index contributed by atoms with van der Waals surface area (Å²) in [6.07, 6.45) is 8.05. The zero-order valence-electron chi connectivity index (χ0n) is 21.4. The van der Waals surface area contributed by atoms with E-state index in [2.05, 4.69) is 50.8 Å². The van der Waals surface area contributed by atoms with Crippen molar-refractivity contribution < 1.29 is 0 Å². The van der Waals surface area contributed by atoms with Gasteiger partial charge in [-0.15, -0.1) is 0 Å². The number of aromatic nitrogens is 4. The van der Waals surface area contributed by atoms with Crippen LogP contribution in [0.2, 0.25) is 0 Å². The lowest BCUT2D eigenvalue weighted by atomic mass is 10.1. The molecule has 0 fully saturated rings. The normalized spacial score (nSPS) is 15.8. The molecule has 0 amide bonds. The minimum atomic E-state index is -0.273. The summed E-state index contributed by atoms with van der Waals surface area (Å²) < 4.78 is 5.00. The molecular weight excluding hydrogens is 426 g/mol. The minimum absolute atomic E-state index is 0.211. The molecule has 34 heavy (non-hydrogen) atoms. The second-order valence-electron chi connectivity index (χ2n) is 10.1. The number of unbranched alkanes of at least 4 members (excludes halogenated alkanes) is 6. The fraction of sp³-hybridized carbons (Fsp3) is 0.593. The van der Waals surface area contributed by atoms with E-state index < -0.39 is 0 Å². The van der Waals surface area contributed by atoms with Crippen LogP contribution in [0.3, 0.4) is 0 Å². The van der Waals surface area contributed by atoms with E-state index in [0.717, 1.165) is 44.0 Å². The number of hydrogen-bond donors (Lipinski definition) is 0. The molecule has 0 radical (unpaired) electrons. The van der Waals surface area contributed by atoms with Crippen molar-refractivity contribution in [1.29, 1.82) is 0 Å². The number of anilines is 2. The molecule has 0 saturated carbocycles. The second-order valence-corrected chi connectivity index (χ2v) is 10.1. The average Bonchev–Trinajstić information content (AvgIpc) is 3.20. The van der Waals surface area contributed by atoms with Crippen molar-refractivity contribution in [2.45, 2.75) is 85.7 Å². The van der Waals surface area contributed by atoms with Gasteiger partial charge in [-0.3, -0.25) is 13.9 Å². The number of rotatable bonds is 9. The van der Waals surface area contributed by atoms with Crippen LogP contribution in [-0.2, 0) is 20.1 Å². The molecule has 0 spiro atoms. The van der Waals surface area contributed by atoms with Gasteiger partial charge < -0.3 is 9.47 Å². The molecule has 1 unspecified atom stereocenters. The van der Waals surface area contributed by atoms with Gasteiger partial charge >= 0.3 is 5.69 Å². The minimum Gasteiger partial charge on any atom is -0.312 e. The van der Waals surface area contributed by atoms with Crippen molar-refractivity contribution in [2.75, 3.05) is 11.4 Å². The highest BCUT2D eigenvalue weighted by Gasteiger charge is 2.29. The van der Waals surface area contributed by atoms with Gasteiger partial charge in [-0.2, -0.15) is 4.98 Å². The highest BCUT2D eigenvalue weighted by molar-refractivity contribution is 5.77. The number of benzene rings is 1. The Balaban J connectivity index is 1.69. The fourth-order valence-corrected chi connectivity index (χ4v) is 5.04. The van der Waals surface area contributed by atoms with E-state index in [1.807, 2.05) is 4.57 Å². The van der Waals surface area contributed by atoms with Crippen LogP contribution >= 0.6 is 0 Å². The molecule has 184 valence electrons. The number of imidazole rings is 1. The summed E-state index contributed by atoms with van der Waals surface area (Å²) in [5.41, 5.74) is 4.08. The van der Waals surface area contributed by atoms with Crippen molar-refractivity contribution in [3.8, 4) is 0 Å². The van der Waals surface area contributed by atoms with Crippen LogP contribution in [0.4, 0.5) is 11.6 Å². The smallest absolute Gasteiger partial charge is 0.312 e. The van der Waals surface area contributed by atoms with Crippen molar-refractivity contribution in [3.63, 3.8) is 0 Å². The first-order valence-electron chi connectivity index (χ1n) is 12.9. The highest BCUT2D eigenvalue weighted by atomic mass is 16.2. The monoisotopic (exact) mass is 465 g/mol. The maximum atomic E-state index is 13.6. The molecule has 0 bridgehead atoms. The molecule has 1 aromatic carbocycles. The van der Waals surface area contributed by atoms with Gasteiger partial charge in [-0.1, -0.05) is 58.4 Å². The maximum absolute atomic E-state index is 13.6. The van der Waals surface area contributed by atoms with Crippen molar-refractivity contribution in [3.05, 3.63) is 50.2 Å². The van der Waals surface area contributed by atoms with Gasteiger partial charge in [0.1, 0.15) is 0 Å². The zero-order valence-corrected chi connectivity index (χ0v) is 21.4. The summed E-state index contributed by atoms with van der Waals surface area (Å²) in [4.78, 5) is 33.7. The molecule has 3 aromatic rings. The molecule has 7 nitrogen and oxygen atoms in total. The Morgan fingerprint density at radius 1 is 0.971 bits per heavy atom. The van der Waals surface area contributed by atoms with E-state index >= 15 is 0 Å². The van der Waals surface area contributed by atoms with Crippen LogP contribution in [0, 0.1) is 19.8 Å². The molecule has 1 atom stereocenters. The Morgan fingerprint density at radius 2 is 1.68 bits per heavy atom. The van der Waals surface area contributed by atoms with E-state index in [9.17, 15) is 9.59 Å². The summed E-state index contributed by atoms with van der Waals surface area (Å²) >= 11 is 0. The molecule has 7 heteroatoms. The highest BCUT2D eigenvalue weighted by Crippen LogP contribution is 2.33. The molecule has 0 saturated heterocycles. The van der Waals surface area contributed by atoms with Gasteiger partial charge in [0.05, 0.1) is 0 Å². The van der Waals surface area contributed by atoms with Crippen molar-refractivity contribution >= 4 is 22.8 Å². The Morgan fingerprint density at radius 3 is 2.38 bits per heavy atom. The Bertz CT molecular complexity index is 1280. The van der Waals surface area contributed by atoms with Gasteiger partial charge in [-0.25, -0.2) is 4.79 Å². The van der Waals surface area contributed by atoms with Crippen molar-refractivity contribution in [1.82, 2.24) is 18.7 Å². The molecule has 2 aromatic heterocycles. The van der Waals surface area contributed by atoms with Crippen LogP contribution in [0.15, 0.2) is 27.8 Å². The predicted octanol–water partition coefficient (Wildman–Crippen LogP) is 5.05. The fourth-order valence-electron chi connectivity index (χ4n) is 5.04. The van der Waals surface area contributed by atoms with E-state index in [-0.39, 0.29) is 11.2 Å². The van der Waals surface area contributed by atoms with Gasteiger partial charge in [0, 0.05) is 32.4 Å². The molecule has 0 N–H and O–H groups in total. The lowest BCUT2D eigenvalue weighted by molar-refractivity contribution is 0.457. The summed E-state index contributed by atoms with van der Waals surface area (Å²) in [5.74, 6) is 1.09. The topological polar surface area (TPSA) is 65.1 Å². The van der Waals surface area contributed by atoms with Crippen molar-refractivity contribution in [2.24, 2.45) is 13.0 Å².